The Labute approximate surface area is 189 Å². The SMILES string of the molecule is N=C1c2ccoc2NC(c2cccnc2)N1c1ccc(NS(=O)(=O)c2ccc(F)cc2)cc1. The number of hydrogen-bond acceptors (Lipinski definition) is 6. The van der Waals surface area contributed by atoms with Gasteiger partial charge >= 0.3 is 0 Å². The molecule has 33 heavy (non-hydrogen) atoms. The van der Waals surface area contributed by atoms with Gasteiger partial charge in [-0.25, -0.2) is 12.8 Å². The van der Waals surface area contributed by atoms with Crippen LogP contribution in [0.2, 0.25) is 0 Å². The van der Waals surface area contributed by atoms with Crippen LogP contribution in [0.3, 0.4) is 0 Å². The molecule has 0 saturated carbocycles. The molecule has 0 saturated heterocycles. The lowest BCUT2D eigenvalue weighted by atomic mass is 10.1. The summed E-state index contributed by atoms with van der Waals surface area (Å²) in [5, 5.41) is 12.0. The normalized spacial score (nSPS) is 15.6. The summed E-state index contributed by atoms with van der Waals surface area (Å²) >= 11 is 0. The fourth-order valence-electron chi connectivity index (χ4n) is 3.62. The Morgan fingerprint density at radius 3 is 2.52 bits per heavy atom. The van der Waals surface area contributed by atoms with Crippen molar-refractivity contribution >= 4 is 33.1 Å². The summed E-state index contributed by atoms with van der Waals surface area (Å²) in [6, 6.07) is 16.6. The van der Waals surface area contributed by atoms with Gasteiger partial charge in [0.2, 0.25) is 5.88 Å². The van der Waals surface area contributed by atoms with Crippen molar-refractivity contribution in [2.45, 2.75) is 11.1 Å². The Kier molecular flexibility index (Phi) is 5.06. The van der Waals surface area contributed by atoms with E-state index in [1.54, 1.807) is 47.6 Å². The van der Waals surface area contributed by atoms with Crippen LogP contribution in [0.25, 0.3) is 0 Å². The molecule has 0 radical (unpaired) electrons. The number of halogens is 1. The summed E-state index contributed by atoms with van der Waals surface area (Å²) in [7, 11) is -3.87. The lowest BCUT2D eigenvalue weighted by molar-refractivity contribution is 0.564. The van der Waals surface area contributed by atoms with E-state index in [2.05, 4.69) is 15.0 Å². The molecule has 1 unspecified atom stereocenters. The van der Waals surface area contributed by atoms with Crippen molar-refractivity contribution in [2.75, 3.05) is 14.9 Å². The standard InChI is InChI=1S/C23H18FN5O3S/c24-16-3-9-19(10-4-16)33(30,31)28-17-5-7-18(8-6-17)29-21(25)20-11-13-32-23(20)27-22(29)15-2-1-12-26-14-15/h1-14,22,25,27-28H. The Morgan fingerprint density at radius 2 is 1.82 bits per heavy atom. The number of fused-ring (bicyclic) bond motifs is 1. The molecule has 0 fully saturated rings. The maximum atomic E-state index is 13.1. The van der Waals surface area contributed by atoms with Crippen molar-refractivity contribution in [3.05, 3.63) is 102 Å². The fraction of sp³-hybridized carbons (Fsp3) is 0.0435. The second kappa shape index (κ2) is 8.06. The third-order valence-corrected chi connectivity index (χ3v) is 6.61. The van der Waals surface area contributed by atoms with Gasteiger partial charge < -0.3 is 14.6 Å². The Morgan fingerprint density at radius 1 is 1.06 bits per heavy atom. The average molecular weight is 463 g/mol. The number of nitrogens with one attached hydrogen (secondary N) is 3. The first-order valence-corrected chi connectivity index (χ1v) is 11.4. The predicted molar refractivity (Wildman–Crippen MR) is 122 cm³/mol. The minimum absolute atomic E-state index is 0.0425. The van der Waals surface area contributed by atoms with Crippen LogP contribution < -0.4 is 14.9 Å². The number of hydrogen-bond donors (Lipinski definition) is 3. The van der Waals surface area contributed by atoms with E-state index in [1.807, 2.05) is 12.1 Å². The van der Waals surface area contributed by atoms with E-state index >= 15 is 0 Å². The molecule has 1 aliphatic rings. The van der Waals surface area contributed by atoms with Crippen LogP contribution in [0.5, 0.6) is 0 Å². The number of rotatable bonds is 5. The summed E-state index contributed by atoms with van der Waals surface area (Å²) in [5.41, 5.74) is 2.43. The van der Waals surface area contributed by atoms with E-state index in [-0.39, 0.29) is 10.7 Å². The first kappa shape index (κ1) is 20.7. The van der Waals surface area contributed by atoms with E-state index in [9.17, 15) is 12.8 Å². The summed E-state index contributed by atoms with van der Waals surface area (Å²) in [4.78, 5) is 5.91. The van der Waals surface area contributed by atoms with Gasteiger partial charge in [0.05, 0.1) is 16.7 Å². The number of benzene rings is 2. The number of amidine groups is 1. The zero-order chi connectivity index (χ0) is 23.0. The zero-order valence-electron chi connectivity index (χ0n) is 17.1. The van der Waals surface area contributed by atoms with Gasteiger partial charge in [-0.2, -0.15) is 0 Å². The lowest BCUT2D eigenvalue weighted by Gasteiger charge is -2.37. The highest BCUT2D eigenvalue weighted by Crippen LogP contribution is 2.37. The molecule has 3 N–H and O–H groups in total. The number of sulfonamides is 1. The largest absolute Gasteiger partial charge is 0.448 e. The van der Waals surface area contributed by atoms with Crippen molar-refractivity contribution in [2.24, 2.45) is 0 Å². The van der Waals surface area contributed by atoms with Crippen molar-refractivity contribution in [3.63, 3.8) is 0 Å². The van der Waals surface area contributed by atoms with Gasteiger partial charge in [0.15, 0.2) is 0 Å². The molecule has 0 aliphatic carbocycles. The second-order valence-electron chi connectivity index (χ2n) is 7.32. The average Bonchev–Trinajstić information content (AvgIpc) is 3.30. The maximum absolute atomic E-state index is 13.1. The van der Waals surface area contributed by atoms with Crippen LogP contribution in [0.1, 0.15) is 17.3 Å². The molecule has 2 aromatic carbocycles. The minimum Gasteiger partial charge on any atom is -0.448 e. The predicted octanol–water partition coefficient (Wildman–Crippen LogP) is 4.57. The molecule has 3 heterocycles. The number of furan rings is 1. The van der Waals surface area contributed by atoms with Crippen molar-refractivity contribution in [1.82, 2.24) is 4.98 Å². The van der Waals surface area contributed by atoms with Crippen molar-refractivity contribution in [1.29, 1.82) is 5.41 Å². The summed E-state index contributed by atoms with van der Waals surface area (Å²) < 4.78 is 46.3. The van der Waals surface area contributed by atoms with Gasteiger partial charge in [-0.3, -0.25) is 15.1 Å². The quantitative estimate of drug-likeness (QED) is 0.400. The molecule has 4 aromatic rings. The molecule has 1 aliphatic heterocycles. The summed E-state index contributed by atoms with van der Waals surface area (Å²) in [5.74, 6) is 0.208. The van der Waals surface area contributed by atoms with E-state index < -0.39 is 22.0 Å². The summed E-state index contributed by atoms with van der Waals surface area (Å²) in [6.07, 6.45) is 4.44. The molecule has 10 heteroatoms. The zero-order valence-corrected chi connectivity index (χ0v) is 17.9. The van der Waals surface area contributed by atoms with Crippen LogP contribution in [0.4, 0.5) is 21.6 Å². The molecular formula is C23H18FN5O3S. The van der Waals surface area contributed by atoms with E-state index in [1.165, 1.54) is 18.4 Å². The number of nitrogens with zero attached hydrogens (tertiary/aromatic N) is 2. The second-order valence-corrected chi connectivity index (χ2v) is 9.00. The van der Waals surface area contributed by atoms with Crippen LogP contribution in [-0.2, 0) is 10.0 Å². The van der Waals surface area contributed by atoms with Crippen LogP contribution in [0.15, 0.2) is 94.7 Å². The molecule has 0 amide bonds. The van der Waals surface area contributed by atoms with Crippen LogP contribution >= 0.6 is 0 Å². The molecule has 0 bridgehead atoms. The first-order valence-electron chi connectivity index (χ1n) is 9.93. The molecular weight excluding hydrogens is 445 g/mol. The van der Waals surface area contributed by atoms with E-state index in [0.29, 0.717) is 22.8 Å². The first-order chi connectivity index (χ1) is 15.9. The molecule has 1 atom stereocenters. The number of pyridine rings is 1. The van der Waals surface area contributed by atoms with E-state index in [0.717, 1.165) is 17.7 Å². The highest BCUT2D eigenvalue weighted by atomic mass is 32.2. The minimum atomic E-state index is -3.87. The molecule has 5 rings (SSSR count). The van der Waals surface area contributed by atoms with Crippen molar-refractivity contribution in [3.8, 4) is 0 Å². The van der Waals surface area contributed by atoms with E-state index in [4.69, 9.17) is 9.83 Å². The van der Waals surface area contributed by atoms with Crippen LogP contribution in [-0.4, -0.2) is 19.2 Å². The molecule has 8 nitrogen and oxygen atoms in total. The maximum Gasteiger partial charge on any atom is 0.261 e. The summed E-state index contributed by atoms with van der Waals surface area (Å²) in [6.45, 7) is 0. The smallest absolute Gasteiger partial charge is 0.261 e. The molecule has 2 aromatic heterocycles. The lowest BCUT2D eigenvalue weighted by Crippen LogP contribution is -2.42. The monoisotopic (exact) mass is 463 g/mol. The van der Waals surface area contributed by atoms with Crippen molar-refractivity contribution < 1.29 is 17.2 Å². The topological polar surface area (TPSA) is 111 Å². The molecule has 0 spiro atoms. The van der Waals surface area contributed by atoms with Gasteiger partial charge in [-0.05, 0) is 60.7 Å². The van der Waals surface area contributed by atoms with Gasteiger partial charge in [0.1, 0.15) is 17.8 Å². The van der Waals surface area contributed by atoms with Crippen LogP contribution in [0, 0.1) is 11.2 Å². The van der Waals surface area contributed by atoms with Gasteiger partial charge in [-0.15, -0.1) is 0 Å². The van der Waals surface area contributed by atoms with Gasteiger partial charge in [-0.1, -0.05) is 6.07 Å². The van der Waals surface area contributed by atoms with Gasteiger partial charge in [0.25, 0.3) is 10.0 Å². The Balaban J connectivity index is 1.45. The van der Waals surface area contributed by atoms with Gasteiger partial charge in [0, 0.05) is 29.3 Å². The Hall–Kier alpha value is -4.18. The highest BCUT2D eigenvalue weighted by Gasteiger charge is 2.33. The third-order valence-electron chi connectivity index (χ3n) is 5.21. The Bertz CT molecular complexity index is 1400. The highest BCUT2D eigenvalue weighted by molar-refractivity contribution is 7.92. The number of anilines is 3. The fourth-order valence-corrected chi connectivity index (χ4v) is 4.68. The number of aromatic nitrogens is 1. The third kappa shape index (κ3) is 3.92. The molecule has 166 valence electrons.